The highest BCUT2D eigenvalue weighted by Crippen LogP contribution is 2.28. The first-order chi connectivity index (χ1) is 6.66. The molecule has 0 amide bonds. The van der Waals surface area contributed by atoms with E-state index in [0.29, 0.717) is 0 Å². The molecule has 14 heavy (non-hydrogen) atoms. The van der Waals surface area contributed by atoms with E-state index >= 15 is 0 Å². The Bertz CT molecular complexity index is 314. The van der Waals surface area contributed by atoms with Crippen LogP contribution in [0, 0.1) is 20.8 Å². The highest BCUT2D eigenvalue weighted by molar-refractivity contribution is 5.58. The number of aryl methyl sites for hydroxylation is 3. The second kappa shape index (κ2) is 3.64. The molecular weight excluding hydrogens is 170 g/mol. The maximum Gasteiger partial charge on any atom is 0.0401 e. The number of rotatable bonds is 2. The van der Waals surface area contributed by atoms with Gasteiger partial charge in [0.25, 0.3) is 0 Å². The van der Waals surface area contributed by atoms with Crippen LogP contribution < -0.4 is 5.32 Å². The molecule has 1 N–H and O–H groups in total. The molecule has 0 bridgehead atoms. The predicted octanol–water partition coefficient (Wildman–Crippen LogP) is 3.58. The number of anilines is 1. The molecule has 1 nitrogen and oxygen atoms in total. The molecule has 2 rings (SSSR count). The maximum atomic E-state index is 3.64. The molecule has 0 radical (unpaired) electrons. The molecule has 1 aliphatic carbocycles. The van der Waals surface area contributed by atoms with Crippen LogP contribution in [0.15, 0.2) is 12.1 Å². The summed E-state index contributed by atoms with van der Waals surface area (Å²) < 4.78 is 0. The third kappa shape index (κ3) is 1.77. The van der Waals surface area contributed by atoms with Crippen LogP contribution in [-0.2, 0) is 0 Å². The van der Waals surface area contributed by atoms with Crippen molar-refractivity contribution in [2.75, 3.05) is 5.32 Å². The van der Waals surface area contributed by atoms with Crippen molar-refractivity contribution in [2.24, 2.45) is 0 Å². The van der Waals surface area contributed by atoms with Crippen LogP contribution >= 0.6 is 0 Å². The van der Waals surface area contributed by atoms with Crippen LogP contribution in [0.1, 0.15) is 36.0 Å². The Morgan fingerprint density at radius 3 is 2.07 bits per heavy atom. The topological polar surface area (TPSA) is 12.0 Å². The molecule has 0 heterocycles. The molecule has 1 aromatic rings. The number of benzene rings is 1. The summed E-state index contributed by atoms with van der Waals surface area (Å²) in [5.41, 5.74) is 5.49. The molecule has 1 aliphatic rings. The van der Waals surface area contributed by atoms with Crippen molar-refractivity contribution in [1.29, 1.82) is 0 Å². The van der Waals surface area contributed by atoms with E-state index in [0.717, 1.165) is 6.04 Å². The van der Waals surface area contributed by atoms with Crippen LogP contribution in [0.4, 0.5) is 5.69 Å². The minimum absolute atomic E-state index is 0.732. The van der Waals surface area contributed by atoms with E-state index in [9.17, 15) is 0 Å². The lowest BCUT2D eigenvalue weighted by Crippen LogP contribution is -2.27. The molecule has 0 aliphatic heterocycles. The first-order valence-electron chi connectivity index (χ1n) is 5.51. The Morgan fingerprint density at radius 2 is 1.64 bits per heavy atom. The predicted molar refractivity (Wildman–Crippen MR) is 61.9 cm³/mol. The summed E-state index contributed by atoms with van der Waals surface area (Å²) >= 11 is 0. The van der Waals surface area contributed by atoms with Gasteiger partial charge < -0.3 is 5.32 Å². The molecule has 0 aromatic heterocycles. The van der Waals surface area contributed by atoms with Crippen LogP contribution in [0.25, 0.3) is 0 Å². The van der Waals surface area contributed by atoms with Gasteiger partial charge in [0.15, 0.2) is 0 Å². The van der Waals surface area contributed by atoms with Crippen molar-refractivity contribution < 1.29 is 0 Å². The lowest BCUT2D eigenvalue weighted by Gasteiger charge is -2.29. The van der Waals surface area contributed by atoms with E-state index < -0.39 is 0 Å². The van der Waals surface area contributed by atoms with Gasteiger partial charge in [0, 0.05) is 11.7 Å². The van der Waals surface area contributed by atoms with Crippen molar-refractivity contribution in [2.45, 2.75) is 46.1 Å². The number of nitrogens with one attached hydrogen (secondary N) is 1. The maximum absolute atomic E-state index is 3.64. The number of hydrogen-bond acceptors (Lipinski definition) is 1. The summed E-state index contributed by atoms with van der Waals surface area (Å²) in [6, 6.07) is 5.25. The highest BCUT2D eigenvalue weighted by Gasteiger charge is 2.18. The summed E-state index contributed by atoms with van der Waals surface area (Å²) in [6.45, 7) is 6.55. The van der Waals surface area contributed by atoms with Crippen LogP contribution in [0.3, 0.4) is 0 Å². The third-order valence-electron chi connectivity index (χ3n) is 3.13. The Morgan fingerprint density at radius 1 is 1.07 bits per heavy atom. The second-order valence-electron chi connectivity index (χ2n) is 4.55. The number of hydrogen-bond donors (Lipinski definition) is 1. The second-order valence-corrected chi connectivity index (χ2v) is 4.55. The smallest absolute Gasteiger partial charge is 0.0401 e. The molecule has 0 atom stereocenters. The summed E-state index contributed by atoms with van der Waals surface area (Å²) in [7, 11) is 0. The van der Waals surface area contributed by atoms with Gasteiger partial charge in [-0.05, 0) is 51.2 Å². The minimum atomic E-state index is 0.732. The van der Waals surface area contributed by atoms with Gasteiger partial charge in [-0.25, -0.2) is 0 Å². The molecule has 76 valence electrons. The van der Waals surface area contributed by atoms with E-state index in [-0.39, 0.29) is 0 Å². The molecule has 0 spiro atoms. The van der Waals surface area contributed by atoms with Gasteiger partial charge in [0.1, 0.15) is 0 Å². The van der Waals surface area contributed by atoms with Crippen LogP contribution in [-0.4, -0.2) is 6.04 Å². The van der Waals surface area contributed by atoms with Gasteiger partial charge in [-0.1, -0.05) is 17.7 Å². The molecular formula is C13H19N. The zero-order valence-electron chi connectivity index (χ0n) is 9.35. The van der Waals surface area contributed by atoms with E-state index in [4.69, 9.17) is 0 Å². The van der Waals surface area contributed by atoms with Gasteiger partial charge >= 0.3 is 0 Å². The quantitative estimate of drug-likeness (QED) is 0.750. The van der Waals surface area contributed by atoms with E-state index in [1.54, 1.807) is 0 Å². The Kier molecular flexibility index (Phi) is 2.49. The van der Waals surface area contributed by atoms with Gasteiger partial charge in [-0.15, -0.1) is 0 Å². The van der Waals surface area contributed by atoms with Gasteiger partial charge in [0.05, 0.1) is 0 Å². The largest absolute Gasteiger partial charge is 0.382 e. The molecule has 1 heteroatoms. The monoisotopic (exact) mass is 189 g/mol. The summed E-state index contributed by atoms with van der Waals surface area (Å²) in [5.74, 6) is 0. The minimum Gasteiger partial charge on any atom is -0.382 e. The summed E-state index contributed by atoms with van der Waals surface area (Å²) in [6.07, 6.45) is 4.07. The zero-order valence-corrected chi connectivity index (χ0v) is 9.35. The van der Waals surface area contributed by atoms with Gasteiger partial charge in [-0.3, -0.25) is 0 Å². The fourth-order valence-corrected chi connectivity index (χ4v) is 2.16. The molecule has 0 unspecified atom stereocenters. The first kappa shape index (κ1) is 9.57. The lowest BCUT2D eigenvalue weighted by atomic mass is 9.92. The van der Waals surface area contributed by atoms with E-state index in [1.165, 1.54) is 41.6 Å². The standard InChI is InChI=1S/C13H19N/c1-9-7-10(2)13(11(3)8-9)14-12-5-4-6-12/h7-8,12,14H,4-6H2,1-3H3. The van der Waals surface area contributed by atoms with Crippen LogP contribution in [0.2, 0.25) is 0 Å². The molecule has 0 saturated heterocycles. The first-order valence-corrected chi connectivity index (χ1v) is 5.51. The molecule has 1 fully saturated rings. The lowest BCUT2D eigenvalue weighted by molar-refractivity contribution is 0.445. The summed E-state index contributed by atoms with van der Waals surface area (Å²) in [4.78, 5) is 0. The molecule has 1 aromatic carbocycles. The van der Waals surface area contributed by atoms with E-state index in [1.807, 2.05) is 0 Å². The Labute approximate surface area is 86.5 Å². The normalized spacial score (nSPS) is 16.5. The van der Waals surface area contributed by atoms with Crippen molar-refractivity contribution in [3.05, 3.63) is 28.8 Å². The average molecular weight is 189 g/mol. The van der Waals surface area contributed by atoms with Crippen molar-refractivity contribution in [3.8, 4) is 0 Å². The molecule has 1 saturated carbocycles. The average Bonchev–Trinajstić information content (AvgIpc) is 1.98. The zero-order chi connectivity index (χ0) is 10.1. The fraction of sp³-hybridized carbons (Fsp3) is 0.538. The Balaban J connectivity index is 2.22. The van der Waals surface area contributed by atoms with Crippen molar-refractivity contribution in [3.63, 3.8) is 0 Å². The summed E-state index contributed by atoms with van der Waals surface area (Å²) in [5, 5.41) is 3.64. The van der Waals surface area contributed by atoms with E-state index in [2.05, 4.69) is 38.2 Å². The van der Waals surface area contributed by atoms with Crippen molar-refractivity contribution >= 4 is 5.69 Å². The van der Waals surface area contributed by atoms with Gasteiger partial charge in [0.2, 0.25) is 0 Å². The highest BCUT2D eigenvalue weighted by atomic mass is 14.9. The fourth-order valence-electron chi connectivity index (χ4n) is 2.16. The van der Waals surface area contributed by atoms with Gasteiger partial charge in [-0.2, -0.15) is 0 Å². The van der Waals surface area contributed by atoms with Crippen molar-refractivity contribution in [1.82, 2.24) is 0 Å². The SMILES string of the molecule is Cc1cc(C)c(NC2CCC2)c(C)c1. The Hall–Kier alpha value is -0.980. The van der Waals surface area contributed by atoms with Crippen LogP contribution in [0.5, 0.6) is 0 Å². The third-order valence-corrected chi connectivity index (χ3v) is 3.13.